The first kappa shape index (κ1) is 20.4. The molecule has 0 radical (unpaired) electrons. The molecule has 5 aromatic rings. The van der Waals surface area contributed by atoms with Crippen LogP contribution in [-0.4, -0.2) is 20.8 Å². The Morgan fingerprint density at radius 1 is 1.00 bits per heavy atom. The minimum atomic E-state index is -0.535. The summed E-state index contributed by atoms with van der Waals surface area (Å²) in [6, 6.07) is 17.4. The summed E-state index contributed by atoms with van der Waals surface area (Å²) in [6.45, 7) is 0. The van der Waals surface area contributed by atoms with Crippen molar-refractivity contribution in [1.29, 1.82) is 0 Å². The van der Waals surface area contributed by atoms with Crippen LogP contribution in [0.3, 0.4) is 0 Å². The number of nitro benzene ring substituents is 1. The summed E-state index contributed by atoms with van der Waals surface area (Å²) in [5.74, 6) is -0.0669. The summed E-state index contributed by atoms with van der Waals surface area (Å²) in [4.78, 5) is 32.0. The Morgan fingerprint density at radius 3 is 2.67 bits per heavy atom. The first-order valence-corrected chi connectivity index (χ1v) is 10.0. The highest BCUT2D eigenvalue weighted by molar-refractivity contribution is 6.33. The van der Waals surface area contributed by atoms with E-state index in [4.69, 9.17) is 20.4 Å². The first-order chi connectivity index (χ1) is 16.0. The predicted octanol–water partition coefficient (Wildman–Crippen LogP) is 5.96. The fourth-order valence-corrected chi connectivity index (χ4v) is 3.49. The van der Waals surface area contributed by atoms with Crippen molar-refractivity contribution in [2.24, 2.45) is 0 Å². The van der Waals surface area contributed by atoms with Crippen LogP contribution in [-0.2, 0) is 0 Å². The Bertz CT molecular complexity index is 1490. The first-order valence-electron chi connectivity index (χ1n) is 9.66. The number of carbonyl (C=O) groups is 1. The van der Waals surface area contributed by atoms with Gasteiger partial charge in [0.2, 0.25) is 5.89 Å². The van der Waals surface area contributed by atoms with Gasteiger partial charge in [0.25, 0.3) is 11.6 Å². The Balaban J connectivity index is 1.41. The Labute approximate surface area is 190 Å². The van der Waals surface area contributed by atoms with E-state index in [1.54, 1.807) is 54.7 Å². The van der Waals surface area contributed by atoms with Gasteiger partial charge in [-0.3, -0.25) is 14.9 Å². The summed E-state index contributed by atoms with van der Waals surface area (Å²) < 4.78 is 11.3. The van der Waals surface area contributed by atoms with E-state index in [2.05, 4.69) is 15.3 Å². The molecule has 0 bridgehead atoms. The van der Waals surface area contributed by atoms with E-state index < -0.39 is 10.8 Å². The molecular weight excluding hydrogens is 448 g/mol. The maximum Gasteiger partial charge on any atom is 0.291 e. The summed E-state index contributed by atoms with van der Waals surface area (Å²) in [7, 11) is 0. The number of para-hydroxylation sites is 1. The molecule has 0 aliphatic heterocycles. The van der Waals surface area contributed by atoms with E-state index in [1.807, 2.05) is 0 Å². The van der Waals surface area contributed by atoms with Crippen molar-refractivity contribution in [1.82, 2.24) is 9.97 Å². The van der Waals surface area contributed by atoms with E-state index in [0.29, 0.717) is 27.5 Å². The molecule has 0 aliphatic carbocycles. The van der Waals surface area contributed by atoms with Crippen molar-refractivity contribution in [3.63, 3.8) is 0 Å². The number of furan rings is 1. The van der Waals surface area contributed by atoms with Gasteiger partial charge in [-0.05, 0) is 48.5 Å². The third-order valence-electron chi connectivity index (χ3n) is 4.82. The molecule has 1 N–H and O–H groups in total. The normalized spacial score (nSPS) is 10.9. The number of hydrogen-bond acceptors (Lipinski definition) is 7. The maximum absolute atomic E-state index is 12.7. The zero-order chi connectivity index (χ0) is 22.9. The lowest BCUT2D eigenvalue weighted by Crippen LogP contribution is -2.10. The van der Waals surface area contributed by atoms with Gasteiger partial charge in [-0.25, -0.2) is 4.98 Å². The van der Waals surface area contributed by atoms with Gasteiger partial charge in [-0.2, -0.15) is 4.98 Å². The lowest BCUT2D eigenvalue weighted by atomic mass is 10.1. The smallest absolute Gasteiger partial charge is 0.291 e. The number of fused-ring (bicyclic) bond motifs is 1. The van der Waals surface area contributed by atoms with Crippen molar-refractivity contribution in [3.05, 3.63) is 93.8 Å². The quantitative estimate of drug-likeness (QED) is 0.253. The highest BCUT2D eigenvalue weighted by Crippen LogP contribution is 2.33. The molecule has 0 unspecified atom stereocenters. The molecular formula is C23H13ClN4O5. The molecule has 9 nitrogen and oxygen atoms in total. The van der Waals surface area contributed by atoms with E-state index >= 15 is 0 Å². The van der Waals surface area contributed by atoms with Gasteiger partial charge in [0, 0.05) is 18.0 Å². The molecule has 3 aromatic heterocycles. The van der Waals surface area contributed by atoms with E-state index in [-0.39, 0.29) is 28.7 Å². The largest absolute Gasteiger partial charge is 0.451 e. The molecule has 1 amide bonds. The monoisotopic (exact) mass is 460 g/mol. The molecule has 0 fully saturated rings. The van der Waals surface area contributed by atoms with Crippen LogP contribution in [0.4, 0.5) is 11.4 Å². The van der Waals surface area contributed by atoms with Crippen LogP contribution >= 0.6 is 11.6 Å². The van der Waals surface area contributed by atoms with Crippen LogP contribution in [0.15, 0.2) is 81.8 Å². The highest BCUT2D eigenvalue weighted by Gasteiger charge is 2.20. The van der Waals surface area contributed by atoms with Gasteiger partial charge in [-0.1, -0.05) is 23.7 Å². The number of carbonyl (C=O) groups excluding carboxylic acids is 1. The molecule has 0 aliphatic rings. The van der Waals surface area contributed by atoms with Crippen LogP contribution in [0, 0.1) is 10.1 Å². The van der Waals surface area contributed by atoms with Crippen molar-refractivity contribution >= 4 is 40.1 Å². The number of anilines is 1. The number of rotatable bonds is 5. The second-order valence-corrected chi connectivity index (χ2v) is 7.34. The number of hydrogen-bond donors (Lipinski definition) is 1. The van der Waals surface area contributed by atoms with E-state index in [9.17, 15) is 14.9 Å². The average molecular weight is 461 g/mol. The Kier molecular flexibility index (Phi) is 5.08. The zero-order valence-electron chi connectivity index (χ0n) is 16.7. The second-order valence-electron chi connectivity index (χ2n) is 6.93. The predicted molar refractivity (Wildman–Crippen MR) is 121 cm³/mol. The number of benzene rings is 2. The molecule has 0 spiro atoms. The van der Waals surface area contributed by atoms with Gasteiger partial charge >= 0.3 is 0 Å². The summed E-state index contributed by atoms with van der Waals surface area (Å²) in [5, 5.41) is 14.4. The van der Waals surface area contributed by atoms with Crippen molar-refractivity contribution in [3.8, 4) is 22.8 Å². The number of aromatic nitrogens is 2. The topological polar surface area (TPSA) is 124 Å². The SMILES string of the molecule is O=C(Nc1ccc(Cl)c(-c2nc3ncccc3o2)c1)c1ccc(-c2ccccc2[N+](=O)[O-])o1. The third kappa shape index (κ3) is 3.92. The zero-order valence-corrected chi connectivity index (χ0v) is 17.4. The van der Waals surface area contributed by atoms with Gasteiger partial charge in [0.1, 0.15) is 5.76 Å². The van der Waals surface area contributed by atoms with Crippen molar-refractivity contribution < 1.29 is 18.6 Å². The lowest BCUT2D eigenvalue weighted by Gasteiger charge is -2.06. The minimum Gasteiger partial charge on any atom is -0.451 e. The average Bonchev–Trinajstić information content (AvgIpc) is 3.48. The van der Waals surface area contributed by atoms with Gasteiger partial charge in [-0.15, -0.1) is 0 Å². The van der Waals surface area contributed by atoms with Gasteiger partial charge < -0.3 is 14.2 Å². The van der Waals surface area contributed by atoms with Crippen LogP contribution < -0.4 is 5.32 Å². The number of nitrogens with zero attached hydrogens (tertiary/aromatic N) is 3. The fourth-order valence-electron chi connectivity index (χ4n) is 3.29. The van der Waals surface area contributed by atoms with E-state index in [1.165, 1.54) is 18.2 Å². The number of oxazole rings is 1. The van der Waals surface area contributed by atoms with Crippen LogP contribution in [0.25, 0.3) is 34.0 Å². The lowest BCUT2D eigenvalue weighted by molar-refractivity contribution is -0.384. The minimum absolute atomic E-state index is 0.00860. The molecule has 10 heteroatoms. The summed E-state index contributed by atoms with van der Waals surface area (Å²) in [6.07, 6.45) is 1.61. The third-order valence-corrected chi connectivity index (χ3v) is 5.15. The van der Waals surface area contributed by atoms with Crippen LogP contribution in [0.5, 0.6) is 0 Å². The molecule has 2 aromatic carbocycles. The van der Waals surface area contributed by atoms with Crippen LogP contribution in [0.2, 0.25) is 5.02 Å². The molecule has 0 atom stereocenters. The van der Waals surface area contributed by atoms with Crippen molar-refractivity contribution in [2.75, 3.05) is 5.32 Å². The van der Waals surface area contributed by atoms with E-state index in [0.717, 1.165) is 0 Å². The second kappa shape index (κ2) is 8.21. The number of nitrogens with one attached hydrogen (secondary N) is 1. The number of pyridine rings is 1. The number of halogens is 1. The van der Waals surface area contributed by atoms with Gasteiger partial charge in [0.05, 0.1) is 21.1 Å². The summed E-state index contributed by atoms with van der Waals surface area (Å²) >= 11 is 6.32. The molecule has 162 valence electrons. The van der Waals surface area contributed by atoms with Crippen LogP contribution in [0.1, 0.15) is 10.6 Å². The highest BCUT2D eigenvalue weighted by atomic mass is 35.5. The molecule has 33 heavy (non-hydrogen) atoms. The molecule has 0 saturated heterocycles. The number of nitro groups is 1. The Morgan fingerprint density at radius 2 is 1.85 bits per heavy atom. The molecule has 5 rings (SSSR count). The van der Waals surface area contributed by atoms with Gasteiger partial charge in [0.15, 0.2) is 17.0 Å². The van der Waals surface area contributed by atoms with Crippen molar-refractivity contribution in [2.45, 2.75) is 0 Å². The number of amides is 1. The molecule has 0 saturated carbocycles. The summed E-state index contributed by atoms with van der Waals surface area (Å²) in [5.41, 5.74) is 2.02. The maximum atomic E-state index is 12.7. The standard InChI is InChI=1S/C23H13ClN4O5/c24-16-8-7-13(12-15(16)23-27-21-19(33-23)6-3-11-25-21)26-22(29)20-10-9-18(32-20)14-4-1-2-5-17(14)28(30)31/h1-12H,(H,26,29). The Hall–Kier alpha value is -4.50. The molecule has 3 heterocycles. The fraction of sp³-hybridized carbons (Fsp3) is 0.